The van der Waals surface area contributed by atoms with Crippen molar-refractivity contribution < 1.29 is 18.3 Å². The number of hydrogen-bond acceptors (Lipinski definition) is 4. The normalized spacial score (nSPS) is 18.1. The molecule has 0 aliphatic carbocycles. The van der Waals surface area contributed by atoms with Crippen molar-refractivity contribution in [2.24, 2.45) is 5.92 Å². The number of nitrogen functional groups attached to an aromatic ring is 1. The van der Waals surface area contributed by atoms with Gasteiger partial charge in [0.15, 0.2) is 0 Å². The van der Waals surface area contributed by atoms with Crippen LogP contribution < -0.4 is 5.73 Å². The zero-order valence-electron chi connectivity index (χ0n) is 11.2. The smallest absolute Gasteiger partial charge is 0.337 e. The van der Waals surface area contributed by atoms with Crippen LogP contribution in [0.4, 0.5) is 5.69 Å². The van der Waals surface area contributed by atoms with Crippen LogP contribution in [0, 0.1) is 5.92 Å². The highest BCUT2D eigenvalue weighted by molar-refractivity contribution is 7.89. The van der Waals surface area contributed by atoms with E-state index in [0.29, 0.717) is 19.0 Å². The van der Waals surface area contributed by atoms with E-state index in [1.165, 1.54) is 22.5 Å². The molecule has 1 aromatic rings. The zero-order chi connectivity index (χ0) is 14.9. The number of piperidine rings is 1. The largest absolute Gasteiger partial charge is 0.478 e. The van der Waals surface area contributed by atoms with E-state index < -0.39 is 16.0 Å². The quantitative estimate of drug-likeness (QED) is 0.821. The van der Waals surface area contributed by atoms with E-state index in [-0.39, 0.29) is 16.1 Å². The summed E-state index contributed by atoms with van der Waals surface area (Å²) < 4.78 is 26.5. The third-order valence-electron chi connectivity index (χ3n) is 3.59. The molecule has 0 bridgehead atoms. The minimum atomic E-state index is -3.78. The van der Waals surface area contributed by atoms with Crippen molar-refractivity contribution in [3.05, 3.63) is 23.8 Å². The van der Waals surface area contributed by atoms with E-state index in [2.05, 4.69) is 6.92 Å². The molecule has 20 heavy (non-hydrogen) atoms. The van der Waals surface area contributed by atoms with Crippen molar-refractivity contribution in [3.63, 3.8) is 0 Å². The van der Waals surface area contributed by atoms with Gasteiger partial charge in [-0.15, -0.1) is 0 Å². The van der Waals surface area contributed by atoms with Gasteiger partial charge in [0.1, 0.15) is 0 Å². The molecule has 1 saturated heterocycles. The van der Waals surface area contributed by atoms with E-state index in [1.54, 1.807) is 0 Å². The van der Waals surface area contributed by atoms with Crippen molar-refractivity contribution in [3.8, 4) is 0 Å². The highest BCUT2D eigenvalue weighted by Crippen LogP contribution is 2.26. The van der Waals surface area contributed by atoms with Crippen molar-refractivity contribution >= 4 is 21.7 Å². The van der Waals surface area contributed by atoms with E-state index in [0.717, 1.165) is 12.8 Å². The van der Waals surface area contributed by atoms with Gasteiger partial charge in [0.05, 0.1) is 10.5 Å². The molecule has 0 unspecified atom stereocenters. The molecule has 110 valence electrons. The second kappa shape index (κ2) is 5.41. The molecular weight excluding hydrogens is 280 g/mol. The number of carbonyl (C=O) groups is 1. The lowest BCUT2D eigenvalue weighted by Crippen LogP contribution is -2.38. The van der Waals surface area contributed by atoms with Crippen LogP contribution in [0.15, 0.2) is 23.1 Å². The lowest BCUT2D eigenvalue weighted by atomic mass is 10.0. The Kier molecular flexibility index (Phi) is 4.01. The third kappa shape index (κ3) is 2.78. The molecule has 1 aliphatic rings. The molecule has 6 nitrogen and oxygen atoms in total. The molecular formula is C13H18N2O4S. The monoisotopic (exact) mass is 298 g/mol. The van der Waals surface area contributed by atoms with Gasteiger partial charge in [0.25, 0.3) is 0 Å². The summed E-state index contributed by atoms with van der Waals surface area (Å²) in [5, 5.41) is 9.16. The van der Waals surface area contributed by atoms with Crippen molar-refractivity contribution in [2.75, 3.05) is 18.8 Å². The van der Waals surface area contributed by atoms with Gasteiger partial charge in [-0.2, -0.15) is 4.31 Å². The van der Waals surface area contributed by atoms with Gasteiger partial charge in [-0.05, 0) is 37.0 Å². The fourth-order valence-electron chi connectivity index (χ4n) is 2.30. The SMILES string of the molecule is CC1CCN(S(=O)(=O)c2ccc(N)cc2C(=O)O)CC1. The maximum absolute atomic E-state index is 12.6. The minimum Gasteiger partial charge on any atom is -0.478 e. The topological polar surface area (TPSA) is 101 Å². The number of anilines is 1. The van der Waals surface area contributed by atoms with E-state index in [9.17, 15) is 13.2 Å². The van der Waals surface area contributed by atoms with Gasteiger partial charge in [0.2, 0.25) is 10.0 Å². The first kappa shape index (κ1) is 14.8. The number of carboxylic acids is 1. The Balaban J connectivity index is 2.42. The summed E-state index contributed by atoms with van der Waals surface area (Å²) in [6.07, 6.45) is 1.58. The summed E-state index contributed by atoms with van der Waals surface area (Å²) >= 11 is 0. The molecule has 0 spiro atoms. The van der Waals surface area contributed by atoms with Crippen molar-refractivity contribution in [2.45, 2.75) is 24.7 Å². The molecule has 1 heterocycles. The van der Waals surface area contributed by atoms with Gasteiger partial charge in [-0.3, -0.25) is 0 Å². The summed E-state index contributed by atoms with van der Waals surface area (Å²) in [4.78, 5) is 11.0. The van der Waals surface area contributed by atoms with Crippen molar-refractivity contribution in [1.29, 1.82) is 0 Å². The number of hydrogen-bond donors (Lipinski definition) is 2. The predicted octanol–water partition coefficient (Wildman–Crippen LogP) is 1.39. The highest BCUT2D eigenvalue weighted by atomic mass is 32.2. The van der Waals surface area contributed by atoms with E-state index in [4.69, 9.17) is 10.8 Å². The summed E-state index contributed by atoms with van der Waals surface area (Å²) in [6, 6.07) is 3.86. The average molecular weight is 298 g/mol. The number of nitrogens with zero attached hydrogens (tertiary/aromatic N) is 1. The Morgan fingerprint density at radius 3 is 2.50 bits per heavy atom. The van der Waals surface area contributed by atoms with Crippen LogP contribution in [0.3, 0.4) is 0 Å². The summed E-state index contributed by atoms with van der Waals surface area (Å²) in [5.41, 5.74) is 5.49. The van der Waals surface area contributed by atoms with Gasteiger partial charge in [-0.1, -0.05) is 6.92 Å². The summed E-state index contributed by atoms with van der Waals surface area (Å²) in [7, 11) is -3.78. The number of benzene rings is 1. The molecule has 1 aliphatic heterocycles. The van der Waals surface area contributed by atoms with E-state index in [1.807, 2.05) is 0 Å². The number of nitrogens with two attached hydrogens (primary N) is 1. The summed E-state index contributed by atoms with van der Waals surface area (Å²) in [5.74, 6) is -0.798. The Morgan fingerprint density at radius 2 is 1.95 bits per heavy atom. The van der Waals surface area contributed by atoms with E-state index >= 15 is 0 Å². The Hall–Kier alpha value is -1.60. The van der Waals surface area contributed by atoms with Gasteiger partial charge < -0.3 is 10.8 Å². The Labute approximate surface area is 118 Å². The number of aromatic carboxylic acids is 1. The molecule has 0 saturated carbocycles. The molecule has 2 rings (SSSR count). The Bertz CT molecular complexity index is 619. The zero-order valence-corrected chi connectivity index (χ0v) is 12.1. The third-order valence-corrected chi connectivity index (χ3v) is 5.55. The first-order valence-corrected chi connectivity index (χ1v) is 7.89. The van der Waals surface area contributed by atoms with Crippen LogP contribution in [0.1, 0.15) is 30.1 Å². The first-order valence-electron chi connectivity index (χ1n) is 6.45. The van der Waals surface area contributed by atoms with Gasteiger partial charge in [-0.25, -0.2) is 13.2 Å². The van der Waals surface area contributed by atoms with Gasteiger partial charge in [0, 0.05) is 18.8 Å². The lowest BCUT2D eigenvalue weighted by Gasteiger charge is -2.29. The number of sulfonamides is 1. The van der Waals surface area contributed by atoms with Crippen LogP contribution in [-0.4, -0.2) is 36.9 Å². The molecule has 1 aromatic carbocycles. The molecule has 0 radical (unpaired) electrons. The molecule has 0 aromatic heterocycles. The first-order chi connectivity index (χ1) is 9.32. The molecule has 7 heteroatoms. The minimum absolute atomic E-state index is 0.186. The van der Waals surface area contributed by atoms with Crippen LogP contribution in [0.2, 0.25) is 0 Å². The fourth-order valence-corrected chi connectivity index (χ4v) is 3.94. The maximum atomic E-state index is 12.6. The average Bonchev–Trinajstić information content (AvgIpc) is 2.38. The van der Waals surface area contributed by atoms with Gasteiger partial charge >= 0.3 is 5.97 Å². The molecule has 1 fully saturated rings. The molecule has 3 N–H and O–H groups in total. The second-order valence-corrected chi connectivity index (χ2v) is 7.05. The van der Waals surface area contributed by atoms with Crippen LogP contribution in [0.5, 0.6) is 0 Å². The molecule has 0 amide bonds. The van der Waals surface area contributed by atoms with Crippen LogP contribution >= 0.6 is 0 Å². The number of carboxylic acid groups (broad SMARTS) is 1. The maximum Gasteiger partial charge on any atom is 0.337 e. The summed E-state index contributed by atoms with van der Waals surface area (Å²) in [6.45, 7) is 2.93. The highest BCUT2D eigenvalue weighted by Gasteiger charge is 2.31. The predicted molar refractivity (Wildman–Crippen MR) is 75.0 cm³/mol. The standard InChI is InChI=1S/C13H18N2O4S/c1-9-4-6-15(7-5-9)20(18,19)12-3-2-10(14)8-11(12)13(16)17/h2-3,8-9H,4-7,14H2,1H3,(H,16,17). The van der Waals surface area contributed by atoms with Crippen molar-refractivity contribution in [1.82, 2.24) is 4.31 Å². The van der Waals surface area contributed by atoms with Crippen LogP contribution in [0.25, 0.3) is 0 Å². The molecule has 0 atom stereocenters. The van der Waals surface area contributed by atoms with Crippen LogP contribution in [-0.2, 0) is 10.0 Å². The fraction of sp³-hybridized carbons (Fsp3) is 0.462. The second-order valence-electron chi connectivity index (χ2n) is 5.15. The Morgan fingerprint density at radius 1 is 1.35 bits per heavy atom. The lowest BCUT2D eigenvalue weighted by molar-refractivity contribution is 0.0692. The number of rotatable bonds is 3.